The van der Waals surface area contributed by atoms with Gasteiger partial charge in [-0.05, 0) is 38.1 Å². The predicted molar refractivity (Wildman–Crippen MR) is 123 cm³/mol. The molecule has 0 radical (unpaired) electrons. The molecule has 0 spiro atoms. The number of carbonyl (C=O) groups excluding carboxylic acids is 1. The van der Waals surface area contributed by atoms with E-state index >= 15 is 0 Å². The highest BCUT2D eigenvalue weighted by Crippen LogP contribution is 2.27. The van der Waals surface area contributed by atoms with Gasteiger partial charge in [-0.1, -0.05) is 0 Å². The SMILES string of the molecule is Cn1ccc(Nc2cc(-c3ccc4cc(C#N)cnn34)ncc2C(=O)NC[C@@H](F)C(C)(C)O)n1. The zero-order valence-corrected chi connectivity index (χ0v) is 18.8. The lowest BCUT2D eigenvalue weighted by atomic mass is 10.0. The molecule has 4 rings (SSSR count). The summed E-state index contributed by atoms with van der Waals surface area (Å²) in [6.45, 7) is 2.31. The molecular formula is C23H23FN8O2. The molecule has 1 atom stereocenters. The fourth-order valence-electron chi connectivity index (χ4n) is 3.28. The minimum Gasteiger partial charge on any atom is -0.387 e. The van der Waals surface area contributed by atoms with Gasteiger partial charge in [0.25, 0.3) is 5.91 Å². The Morgan fingerprint density at radius 3 is 2.76 bits per heavy atom. The maximum Gasteiger partial charge on any atom is 0.255 e. The third-order valence-corrected chi connectivity index (χ3v) is 5.23. The number of anilines is 2. The van der Waals surface area contributed by atoms with E-state index in [1.807, 2.05) is 12.1 Å². The van der Waals surface area contributed by atoms with Crippen LogP contribution in [0, 0.1) is 11.3 Å². The minimum atomic E-state index is -1.65. The molecule has 4 aromatic heterocycles. The van der Waals surface area contributed by atoms with Gasteiger partial charge in [0, 0.05) is 25.5 Å². The first-order chi connectivity index (χ1) is 16.2. The van der Waals surface area contributed by atoms with Crippen molar-refractivity contribution in [2.75, 3.05) is 11.9 Å². The van der Waals surface area contributed by atoms with Gasteiger partial charge in [0.15, 0.2) is 5.82 Å². The van der Waals surface area contributed by atoms with Crippen molar-refractivity contribution in [2.24, 2.45) is 7.05 Å². The Labute approximate surface area is 194 Å². The number of nitrogens with one attached hydrogen (secondary N) is 2. The largest absolute Gasteiger partial charge is 0.387 e. The average Bonchev–Trinajstić information content (AvgIpc) is 3.41. The Morgan fingerprint density at radius 2 is 2.09 bits per heavy atom. The molecule has 0 saturated carbocycles. The molecule has 0 aliphatic rings. The highest BCUT2D eigenvalue weighted by Gasteiger charge is 2.27. The second-order valence-corrected chi connectivity index (χ2v) is 8.36. The molecule has 0 aromatic carbocycles. The lowest BCUT2D eigenvalue weighted by molar-refractivity contribution is -0.00177. The lowest BCUT2D eigenvalue weighted by Crippen LogP contribution is -2.42. The monoisotopic (exact) mass is 462 g/mol. The lowest BCUT2D eigenvalue weighted by Gasteiger charge is -2.22. The van der Waals surface area contributed by atoms with E-state index in [2.05, 4.69) is 31.9 Å². The first kappa shape index (κ1) is 22.9. The van der Waals surface area contributed by atoms with E-state index in [0.717, 1.165) is 5.52 Å². The third kappa shape index (κ3) is 4.72. The normalized spacial score (nSPS) is 12.4. The van der Waals surface area contributed by atoms with Crippen LogP contribution in [0.4, 0.5) is 15.9 Å². The fraction of sp³-hybridized carbons (Fsp3) is 0.261. The smallest absolute Gasteiger partial charge is 0.255 e. The summed E-state index contributed by atoms with van der Waals surface area (Å²) in [5.74, 6) is -0.0495. The molecule has 1 amide bonds. The highest BCUT2D eigenvalue weighted by atomic mass is 19.1. The number of hydrogen-bond donors (Lipinski definition) is 3. The summed E-state index contributed by atoms with van der Waals surface area (Å²) in [5, 5.41) is 33.1. The van der Waals surface area contributed by atoms with Crippen molar-refractivity contribution >= 4 is 22.9 Å². The molecule has 3 N–H and O–H groups in total. The number of rotatable bonds is 7. The molecule has 0 aliphatic carbocycles. The number of carbonyl (C=O) groups is 1. The van der Waals surface area contributed by atoms with E-state index in [9.17, 15) is 14.3 Å². The van der Waals surface area contributed by atoms with Crippen molar-refractivity contribution in [3.8, 4) is 17.5 Å². The molecule has 11 heteroatoms. The van der Waals surface area contributed by atoms with Crippen LogP contribution >= 0.6 is 0 Å². The number of aromatic nitrogens is 5. The summed E-state index contributed by atoms with van der Waals surface area (Å²) < 4.78 is 17.4. The van der Waals surface area contributed by atoms with Crippen LogP contribution in [0.15, 0.2) is 48.9 Å². The number of nitrogens with zero attached hydrogens (tertiary/aromatic N) is 6. The molecule has 10 nitrogen and oxygen atoms in total. The van der Waals surface area contributed by atoms with Crippen molar-refractivity contribution in [3.05, 3.63) is 60.0 Å². The number of hydrogen-bond acceptors (Lipinski definition) is 7. The zero-order chi connectivity index (χ0) is 24.5. The van der Waals surface area contributed by atoms with E-state index in [4.69, 9.17) is 5.26 Å². The van der Waals surface area contributed by atoms with Crippen LogP contribution < -0.4 is 10.6 Å². The third-order valence-electron chi connectivity index (χ3n) is 5.23. The van der Waals surface area contributed by atoms with Crippen LogP contribution in [-0.2, 0) is 7.05 Å². The first-order valence-corrected chi connectivity index (χ1v) is 10.5. The predicted octanol–water partition coefficient (Wildman–Crippen LogP) is 2.58. The highest BCUT2D eigenvalue weighted by molar-refractivity contribution is 6.00. The van der Waals surface area contributed by atoms with Crippen LogP contribution in [0.3, 0.4) is 0 Å². The summed E-state index contributed by atoms with van der Waals surface area (Å²) in [5.41, 5.74) is 1.33. The van der Waals surface area contributed by atoms with E-state index in [1.54, 1.807) is 40.6 Å². The van der Waals surface area contributed by atoms with Crippen LogP contribution in [0.1, 0.15) is 29.8 Å². The van der Waals surface area contributed by atoms with Crippen molar-refractivity contribution in [2.45, 2.75) is 25.6 Å². The Morgan fingerprint density at radius 1 is 1.29 bits per heavy atom. The molecule has 0 saturated heterocycles. The molecule has 174 valence electrons. The summed E-state index contributed by atoms with van der Waals surface area (Å²) in [6.07, 6.45) is 2.95. The Kier molecular flexibility index (Phi) is 6.00. The molecule has 4 heterocycles. The number of halogens is 1. The van der Waals surface area contributed by atoms with Gasteiger partial charge in [-0.25, -0.2) is 8.91 Å². The number of amides is 1. The first-order valence-electron chi connectivity index (χ1n) is 10.5. The summed E-state index contributed by atoms with van der Waals surface area (Å²) >= 11 is 0. The molecule has 0 unspecified atom stereocenters. The number of nitriles is 1. The van der Waals surface area contributed by atoms with Crippen LogP contribution in [0.25, 0.3) is 16.9 Å². The van der Waals surface area contributed by atoms with Crippen LogP contribution in [-0.4, -0.2) is 53.7 Å². The molecule has 34 heavy (non-hydrogen) atoms. The second kappa shape index (κ2) is 8.92. The van der Waals surface area contributed by atoms with E-state index in [0.29, 0.717) is 28.5 Å². The number of aryl methyl sites for hydroxylation is 1. The molecule has 4 aromatic rings. The number of alkyl halides is 1. The second-order valence-electron chi connectivity index (χ2n) is 8.36. The molecule has 0 aliphatic heterocycles. The van der Waals surface area contributed by atoms with Gasteiger partial charge in [-0.2, -0.15) is 15.5 Å². The van der Waals surface area contributed by atoms with E-state index in [1.165, 1.54) is 26.2 Å². The zero-order valence-electron chi connectivity index (χ0n) is 18.8. The van der Waals surface area contributed by atoms with Crippen LogP contribution in [0.2, 0.25) is 0 Å². The topological polar surface area (TPSA) is 133 Å². The van der Waals surface area contributed by atoms with E-state index in [-0.39, 0.29) is 12.1 Å². The molecular weight excluding hydrogens is 439 g/mol. The minimum absolute atomic E-state index is 0.179. The number of pyridine rings is 1. The Hall–Kier alpha value is -4.30. The summed E-state index contributed by atoms with van der Waals surface area (Å²) in [6, 6.07) is 10.8. The Balaban J connectivity index is 1.70. The van der Waals surface area contributed by atoms with Gasteiger partial charge >= 0.3 is 0 Å². The van der Waals surface area contributed by atoms with Crippen molar-refractivity contribution in [1.82, 2.24) is 29.7 Å². The summed E-state index contributed by atoms with van der Waals surface area (Å²) in [7, 11) is 1.77. The van der Waals surface area contributed by atoms with Gasteiger partial charge in [0.05, 0.1) is 52.1 Å². The standard InChI is InChI=1S/C23H23FN8O2/c1-23(2,34)20(24)13-27-22(33)16-12-26-18(9-17(16)29-21-6-7-31(3)30-21)19-5-4-15-8-14(10-25)11-28-32(15)19/h4-9,11-12,20,34H,13H2,1-3H3,(H,27,33)(H,26,29,30)/t20-/m1/s1. The quantitative estimate of drug-likeness (QED) is 0.384. The van der Waals surface area contributed by atoms with Crippen molar-refractivity contribution in [1.29, 1.82) is 5.26 Å². The van der Waals surface area contributed by atoms with Gasteiger partial charge in [-0.15, -0.1) is 0 Å². The Bertz CT molecular complexity index is 1400. The molecule has 0 bridgehead atoms. The van der Waals surface area contributed by atoms with Gasteiger partial charge < -0.3 is 15.7 Å². The molecule has 0 fully saturated rings. The van der Waals surface area contributed by atoms with E-state index < -0.39 is 17.7 Å². The maximum atomic E-state index is 14.1. The number of aliphatic hydroxyl groups is 1. The average molecular weight is 462 g/mol. The van der Waals surface area contributed by atoms with Gasteiger partial charge in [0.2, 0.25) is 0 Å². The van der Waals surface area contributed by atoms with Crippen molar-refractivity contribution < 1.29 is 14.3 Å². The maximum absolute atomic E-state index is 14.1. The van der Waals surface area contributed by atoms with Gasteiger partial charge in [0.1, 0.15) is 12.2 Å². The van der Waals surface area contributed by atoms with Crippen LogP contribution in [0.5, 0.6) is 0 Å². The van der Waals surface area contributed by atoms with Gasteiger partial charge in [-0.3, -0.25) is 14.5 Å². The van der Waals surface area contributed by atoms with Crippen molar-refractivity contribution in [3.63, 3.8) is 0 Å². The number of fused-ring (bicyclic) bond motifs is 1. The summed E-state index contributed by atoms with van der Waals surface area (Å²) in [4.78, 5) is 17.3. The fourth-order valence-corrected chi connectivity index (χ4v) is 3.28.